The van der Waals surface area contributed by atoms with Gasteiger partial charge in [0.05, 0.1) is 6.10 Å². The number of hydrogen-bond acceptors (Lipinski definition) is 3. The SMILES string of the molecule is NC[C@@H]1CCC(Oc2ccc3c(=O)[nH]ccc3c2)C1. The van der Waals surface area contributed by atoms with Crippen LogP contribution in [-0.4, -0.2) is 17.6 Å². The normalized spacial score (nSPS) is 22.8. The Balaban J connectivity index is 1.81. The zero-order chi connectivity index (χ0) is 13.2. The number of aromatic amines is 1. The van der Waals surface area contributed by atoms with Crippen LogP contribution in [-0.2, 0) is 0 Å². The molecule has 3 rings (SSSR count). The minimum atomic E-state index is -0.0619. The molecule has 0 radical (unpaired) electrons. The Labute approximate surface area is 111 Å². The van der Waals surface area contributed by atoms with E-state index in [-0.39, 0.29) is 11.7 Å². The van der Waals surface area contributed by atoms with Crippen molar-refractivity contribution < 1.29 is 4.74 Å². The van der Waals surface area contributed by atoms with Crippen LogP contribution in [0.25, 0.3) is 10.8 Å². The van der Waals surface area contributed by atoms with Crippen molar-refractivity contribution in [2.24, 2.45) is 11.7 Å². The number of hydrogen-bond donors (Lipinski definition) is 2. The molecule has 0 spiro atoms. The molecule has 0 amide bonds. The van der Waals surface area contributed by atoms with Crippen LogP contribution in [0, 0.1) is 5.92 Å². The molecule has 3 N–H and O–H groups in total. The van der Waals surface area contributed by atoms with E-state index in [1.54, 1.807) is 6.20 Å². The lowest BCUT2D eigenvalue weighted by atomic mass is 10.1. The van der Waals surface area contributed by atoms with Crippen molar-refractivity contribution in [1.29, 1.82) is 0 Å². The van der Waals surface area contributed by atoms with E-state index in [4.69, 9.17) is 10.5 Å². The summed E-state index contributed by atoms with van der Waals surface area (Å²) in [6.07, 6.45) is 5.16. The Morgan fingerprint density at radius 3 is 3.00 bits per heavy atom. The summed E-state index contributed by atoms with van der Waals surface area (Å²) in [6.45, 7) is 0.743. The predicted molar refractivity (Wildman–Crippen MR) is 75.4 cm³/mol. The first-order chi connectivity index (χ1) is 9.26. The zero-order valence-electron chi connectivity index (χ0n) is 10.8. The van der Waals surface area contributed by atoms with E-state index in [0.29, 0.717) is 11.3 Å². The number of fused-ring (bicyclic) bond motifs is 1. The minimum absolute atomic E-state index is 0.0619. The van der Waals surface area contributed by atoms with Gasteiger partial charge < -0.3 is 15.5 Å². The van der Waals surface area contributed by atoms with Crippen LogP contribution in [0.1, 0.15) is 19.3 Å². The maximum absolute atomic E-state index is 11.6. The number of rotatable bonds is 3. The van der Waals surface area contributed by atoms with Crippen molar-refractivity contribution in [3.63, 3.8) is 0 Å². The summed E-state index contributed by atoms with van der Waals surface area (Å²) in [5.74, 6) is 1.43. The van der Waals surface area contributed by atoms with Gasteiger partial charge in [0, 0.05) is 11.6 Å². The van der Waals surface area contributed by atoms with Crippen LogP contribution in [0.5, 0.6) is 5.75 Å². The van der Waals surface area contributed by atoms with Crippen molar-refractivity contribution in [1.82, 2.24) is 4.98 Å². The molecular weight excluding hydrogens is 240 g/mol. The predicted octanol–water partition coefficient (Wildman–Crippen LogP) is 2.03. The van der Waals surface area contributed by atoms with E-state index in [2.05, 4.69) is 4.98 Å². The average Bonchev–Trinajstić information content (AvgIpc) is 2.86. The molecule has 0 saturated heterocycles. The highest BCUT2D eigenvalue weighted by atomic mass is 16.5. The van der Waals surface area contributed by atoms with Gasteiger partial charge in [-0.3, -0.25) is 4.79 Å². The van der Waals surface area contributed by atoms with Crippen LogP contribution in [0.3, 0.4) is 0 Å². The van der Waals surface area contributed by atoms with Gasteiger partial charge in [-0.2, -0.15) is 0 Å². The number of pyridine rings is 1. The van der Waals surface area contributed by atoms with Gasteiger partial charge in [-0.15, -0.1) is 0 Å². The standard InChI is InChI=1S/C15H18N2O2/c16-9-10-1-2-12(7-10)19-13-3-4-14-11(8-13)5-6-17-15(14)18/h3-6,8,10,12H,1-2,7,9,16H2,(H,17,18)/t10-,12?/m1/s1. The second-order valence-corrected chi connectivity index (χ2v) is 5.21. The van der Waals surface area contributed by atoms with E-state index in [1.165, 1.54) is 0 Å². The Kier molecular flexibility index (Phi) is 3.25. The van der Waals surface area contributed by atoms with E-state index >= 15 is 0 Å². The summed E-state index contributed by atoms with van der Waals surface area (Å²) >= 11 is 0. The fourth-order valence-corrected chi connectivity index (χ4v) is 2.79. The second-order valence-electron chi connectivity index (χ2n) is 5.21. The highest BCUT2D eigenvalue weighted by Crippen LogP contribution is 2.29. The third-order valence-electron chi connectivity index (χ3n) is 3.87. The third kappa shape index (κ3) is 2.49. The second kappa shape index (κ2) is 5.05. The lowest BCUT2D eigenvalue weighted by molar-refractivity contribution is 0.205. The Hall–Kier alpha value is -1.81. The number of nitrogens with one attached hydrogen (secondary N) is 1. The Morgan fingerprint density at radius 2 is 2.21 bits per heavy atom. The minimum Gasteiger partial charge on any atom is -0.490 e. The molecule has 19 heavy (non-hydrogen) atoms. The van der Waals surface area contributed by atoms with Gasteiger partial charge in [-0.25, -0.2) is 0 Å². The van der Waals surface area contributed by atoms with Gasteiger partial charge in [0.25, 0.3) is 5.56 Å². The topological polar surface area (TPSA) is 68.1 Å². The molecule has 1 aromatic carbocycles. The van der Waals surface area contributed by atoms with Crippen molar-refractivity contribution >= 4 is 10.8 Å². The van der Waals surface area contributed by atoms with Crippen LogP contribution in [0.2, 0.25) is 0 Å². The van der Waals surface area contributed by atoms with Crippen molar-refractivity contribution in [3.05, 3.63) is 40.8 Å². The summed E-state index contributed by atoms with van der Waals surface area (Å²) in [7, 11) is 0. The summed E-state index contributed by atoms with van der Waals surface area (Å²) in [5, 5.41) is 1.61. The van der Waals surface area contributed by atoms with Gasteiger partial charge in [-0.05, 0) is 61.4 Å². The maximum atomic E-state index is 11.6. The van der Waals surface area contributed by atoms with Gasteiger partial charge in [-0.1, -0.05) is 0 Å². The number of ether oxygens (including phenoxy) is 1. The van der Waals surface area contributed by atoms with Gasteiger partial charge in [0.1, 0.15) is 5.75 Å². The zero-order valence-corrected chi connectivity index (χ0v) is 10.8. The molecule has 0 aliphatic heterocycles. The molecule has 1 aliphatic rings. The Morgan fingerprint density at radius 1 is 1.32 bits per heavy atom. The fourth-order valence-electron chi connectivity index (χ4n) is 2.79. The summed E-state index contributed by atoms with van der Waals surface area (Å²) in [4.78, 5) is 14.3. The quantitative estimate of drug-likeness (QED) is 0.885. The molecule has 1 aliphatic carbocycles. The molecule has 4 heteroatoms. The van der Waals surface area contributed by atoms with Crippen molar-refractivity contribution in [2.45, 2.75) is 25.4 Å². The first-order valence-electron chi connectivity index (χ1n) is 6.74. The Bertz CT molecular complexity index is 635. The molecular formula is C15H18N2O2. The monoisotopic (exact) mass is 258 g/mol. The van der Waals surface area contributed by atoms with Crippen LogP contribution in [0.15, 0.2) is 35.3 Å². The fraction of sp³-hybridized carbons (Fsp3) is 0.400. The highest BCUT2D eigenvalue weighted by molar-refractivity contribution is 5.82. The van der Waals surface area contributed by atoms with E-state index in [9.17, 15) is 4.79 Å². The molecule has 1 unspecified atom stereocenters. The third-order valence-corrected chi connectivity index (χ3v) is 3.87. The molecule has 1 saturated carbocycles. The number of aromatic nitrogens is 1. The summed E-state index contributed by atoms with van der Waals surface area (Å²) in [5.41, 5.74) is 5.62. The molecule has 100 valence electrons. The lowest BCUT2D eigenvalue weighted by Crippen LogP contribution is -2.15. The number of H-pyrrole nitrogens is 1. The average molecular weight is 258 g/mol. The molecule has 2 atom stereocenters. The largest absolute Gasteiger partial charge is 0.490 e. The van der Waals surface area contributed by atoms with Crippen molar-refractivity contribution in [3.8, 4) is 5.75 Å². The number of nitrogens with two attached hydrogens (primary N) is 1. The number of benzene rings is 1. The van der Waals surface area contributed by atoms with Crippen LogP contribution >= 0.6 is 0 Å². The molecule has 4 nitrogen and oxygen atoms in total. The van der Waals surface area contributed by atoms with Crippen LogP contribution < -0.4 is 16.0 Å². The molecule has 1 heterocycles. The first-order valence-corrected chi connectivity index (χ1v) is 6.74. The maximum Gasteiger partial charge on any atom is 0.255 e. The van der Waals surface area contributed by atoms with E-state index in [0.717, 1.165) is 36.9 Å². The van der Waals surface area contributed by atoms with E-state index in [1.807, 2.05) is 24.3 Å². The first kappa shape index (κ1) is 12.2. The lowest BCUT2D eigenvalue weighted by Gasteiger charge is -2.14. The molecule has 2 aromatic rings. The molecule has 1 fully saturated rings. The van der Waals surface area contributed by atoms with Crippen molar-refractivity contribution in [2.75, 3.05) is 6.54 Å². The van der Waals surface area contributed by atoms with Gasteiger partial charge in [0.2, 0.25) is 0 Å². The molecule has 1 aromatic heterocycles. The highest BCUT2D eigenvalue weighted by Gasteiger charge is 2.24. The summed E-state index contributed by atoms with van der Waals surface area (Å²) < 4.78 is 5.99. The van der Waals surface area contributed by atoms with Gasteiger partial charge >= 0.3 is 0 Å². The van der Waals surface area contributed by atoms with E-state index < -0.39 is 0 Å². The molecule has 0 bridgehead atoms. The van der Waals surface area contributed by atoms with Crippen LogP contribution in [0.4, 0.5) is 0 Å². The van der Waals surface area contributed by atoms with Gasteiger partial charge in [0.15, 0.2) is 0 Å². The smallest absolute Gasteiger partial charge is 0.255 e. The summed E-state index contributed by atoms with van der Waals surface area (Å²) in [6, 6.07) is 7.51.